The minimum atomic E-state index is -0.174. The Morgan fingerprint density at radius 1 is 0.773 bits per heavy atom. The van der Waals surface area contributed by atoms with Gasteiger partial charge in [0.05, 0.1) is 12.2 Å². The summed E-state index contributed by atoms with van der Waals surface area (Å²) in [6.07, 6.45) is 6.54. The molecule has 2 fully saturated rings. The van der Waals surface area contributed by atoms with Crippen molar-refractivity contribution >= 4 is 0 Å². The molecular weight excluding hydrogens is 272 g/mol. The van der Waals surface area contributed by atoms with Gasteiger partial charge in [0.1, 0.15) is 0 Å². The first-order chi connectivity index (χ1) is 10.3. The van der Waals surface area contributed by atoms with Crippen molar-refractivity contribution < 1.29 is 10.2 Å². The van der Waals surface area contributed by atoms with Gasteiger partial charge in [-0.05, 0) is 73.5 Å². The molecule has 0 heterocycles. The molecule has 8 unspecified atom stereocenters. The summed E-state index contributed by atoms with van der Waals surface area (Å²) < 4.78 is 0. The molecule has 0 saturated heterocycles. The monoisotopic (exact) mass is 310 g/mol. The highest BCUT2D eigenvalue weighted by Crippen LogP contribution is 2.47. The summed E-state index contributed by atoms with van der Waals surface area (Å²) in [6.45, 7) is 11.3. The van der Waals surface area contributed by atoms with E-state index in [1.165, 1.54) is 0 Å². The lowest BCUT2D eigenvalue weighted by Gasteiger charge is -2.48. The third kappa shape index (κ3) is 3.87. The van der Waals surface area contributed by atoms with Crippen LogP contribution in [0.5, 0.6) is 0 Å². The quantitative estimate of drug-likeness (QED) is 0.803. The van der Waals surface area contributed by atoms with Gasteiger partial charge >= 0.3 is 0 Å². The van der Waals surface area contributed by atoms with E-state index in [4.69, 9.17) is 0 Å². The van der Waals surface area contributed by atoms with E-state index in [0.717, 1.165) is 38.5 Å². The van der Waals surface area contributed by atoms with Crippen molar-refractivity contribution in [3.05, 3.63) is 0 Å². The molecule has 0 aromatic rings. The average molecular weight is 311 g/mol. The lowest BCUT2D eigenvalue weighted by Crippen LogP contribution is -2.47. The predicted molar refractivity (Wildman–Crippen MR) is 92.5 cm³/mol. The largest absolute Gasteiger partial charge is 0.393 e. The molecule has 2 rings (SSSR count). The molecule has 0 bridgehead atoms. The fraction of sp³-hybridized carbons (Fsp3) is 1.00. The van der Waals surface area contributed by atoms with Crippen LogP contribution in [0.2, 0.25) is 0 Å². The lowest BCUT2D eigenvalue weighted by molar-refractivity contribution is -0.0823. The summed E-state index contributed by atoms with van der Waals surface area (Å²) in [6, 6.07) is 0. The minimum absolute atomic E-state index is 0.174. The molecule has 2 nitrogen and oxygen atoms in total. The Labute approximate surface area is 137 Å². The average Bonchev–Trinajstić information content (AvgIpc) is 2.44. The normalized spacial score (nSPS) is 48.1. The van der Waals surface area contributed by atoms with E-state index >= 15 is 0 Å². The van der Waals surface area contributed by atoms with E-state index in [2.05, 4.69) is 34.6 Å². The molecule has 0 radical (unpaired) electrons. The summed E-state index contributed by atoms with van der Waals surface area (Å²) >= 11 is 0. The van der Waals surface area contributed by atoms with E-state index in [-0.39, 0.29) is 12.2 Å². The third-order valence-electron chi connectivity index (χ3n) is 6.66. The first-order valence-corrected chi connectivity index (χ1v) is 9.71. The van der Waals surface area contributed by atoms with Crippen LogP contribution in [0.1, 0.15) is 73.1 Å². The zero-order valence-electron chi connectivity index (χ0n) is 15.3. The molecule has 22 heavy (non-hydrogen) atoms. The van der Waals surface area contributed by atoms with Crippen LogP contribution in [0.4, 0.5) is 0 Å². The van der Waals surface area contributed by atoms with Crippen molar-refractivity contribution in [3.8, 4) is 0 Å². The molecule has 0 aromatic carbocycles. The van der Waals surface area contributed by atoms with Crippen LogP contribution in [0.25, 0.3) is 0 Å². The Hall–Kier alpha value is -0.0800. The van der Waals surface area contributed by atoms with Gasteiger partial charge in [-0.25, -0.2) is 0 Å². The Kier molecular flexibility index (Phi) is 6.36. The van der Waals surface area contributed by atoms with Crippen LogP contribution in [0.15, 0.2) is 0 Å². The highest BCUT2D eigenvalue weighted by molar-refractivity contribution is 4.94. The highest BCUT2D eigenvalue weighted by atomic mass is 16.3. The van der Waals surface area contributed by atoms with Gasteiger partial charge in [0.2, 0.25) is 0 Å². The van der Waals surface area contributed by atoms with Crippen molar-refractivity contribution in [2.75, 3.05) is 0 Å². The number of aliphatic hydroxyl groups excluding tert-OH is 2. The number of hydrogen-bond donors (Lipinski definition) is 2. The molecule has 0 aromatic heterocycles. The lowest BCUT2D eigenvalue weighted by atomic mass is 9.60. The van der Waals surface area contributed by atoms with Gasteiger partial charge in [0.25, 0.3) is 0 Å². The van der Waals surface area contributed by atoms with Crippen LogP contribution in [-0.4, -0.2) is 22.4 Å². The molecule has 2 N–H and O–H groups in total. The third-order valence-corrected chi connectivity index (χ3v) is 6.66. The van der Waals surface area contributed by atoms with Crippen LogP contribution in [0, 0.1) is 41.4 Å². The number of rotatable bonds is 4. The van der Waals surface area contributed by atoms with E-state index in [1.54, 1.807) is 0 Å². The number of hydrogen-bond acceptors (Lipinski definition) is 2. The summed E-state index contributed by atoms with van der Waals surface area (Å²) in [5.41, 5.74) is 0. The predicted octanol–water partition coefficient (Wildman–Crippen LogP) is 4.49. The zero-order chi connectivity index (χ0) is 16.4. The molecule has 8 atom stereocenters. The van der Waals surface area contributed by atoms with Gasteiger partial charge in [-0.1, -0.05) is 41.0 Å². The van der Waals surface area contributed by atoms with Crippen LogP contribution in [0.3, 0.4) is 0 Å². The SMILES string of the molecule is CCCC(C1CC(C)CC(C)C1O)C1CC(C)CC(C)C1O. The first kappa shape index (κ1) is 18.3. The molecule has 0 aliphatic heterocycles. The Morgan fingerprint density at radius 2 is 1.18 bits per heavy atom. The van der Waals surface area contributed by atoms with Crippen LogP contribution < -0.4 is 0 Å². The Bertz CT molecular complexity index is 313. The van der Waals surface area contributed by atoms with Crippen molar-refractivity contribution in [1.82, 2.24) is 0 Å². The molecule has 130 valence electrons. The molecule has 0 amide bonds. The smallest absolute Gasteiger partial charge is 0.0596 e. The maximum atomic E-state index is 10.8. The standard InChI is InChI=1S/C20H38O2/c1-6-7-16(17-10-12(2)8-14(4)19(17)21)18-11-13(3)9-15(5)20(18)22/h12-22H,6-11H2,1-5H3. The maximum Gasteiger partial charge on any atom is 0.0596 e. The highest BCUT2D eigenvalue weighted by Gasteiger charge is 2.44. The summed E-state index contributed by atoms with van der Waals surface area (Å²) in [7, 11) is 0. The fourth-order valence-corrected chi connectivity index (χ4v) is 5.73. The summed E-state index contributed by atoms with van der Waals surface area (Å²) in [4.78, 5) is 0. The van der Waals surface area contributed by atoms with Crippen molar-refractivity contribution in [1.29, 1.82) is 0 Å². The van der Waals surface area contributed by atoms with Crippen LogP contribution >= 0.6 is 0 Å². The van der Waals surface area contributed by atoms with E-state index in [9.17, 15) is 10.2 Å². The second-order valence-corrected chi connectivity index (χ2v) is 8.87. The minimum Gasteiger partial charge on any atom is -0.393 e. The second-order valence-electron chi connectivity index (χ2n) is 8.87. The molecule has 2 heteroatoms. The molecule has 0 spiro atoms. The molecule has 2 saturated carbocycles. The van der Waals surface area contributed by atoms with Gasteiger partial charge in [0, 0.05) is 0 Å². The molecular formula is C20H38O2. The zero-order valence-corrected chi connectivity index (χ0v) is 15.3. The van der Waals surface area contributed by atoms with Crippen LogP contribution in [-0.2, 0) is 0 Å². The number of aliphatic hydroxyl groups is 2. The van der Waals surface area contributed by atoms with E-state index in [1.807, 2.05) is 0 Å². The van der Waals surface area contributed by atoms with Gasteiger partial charge in [-0.2, -0.15) is 0 Å². The van der Waals surface area contributed by atoms with E-state index < -0.39 is 0 Å². The Morgan fingerprint density at radius 3 is 1.55 bits per heavy atom. The van der Waals surface area contributed by atoms with Gasteiger partial charge < -0.3 is 10.2 Å². The van der Waals surface area contributed by atoms with Gasteiger partial charge in [0.15, 0.2) is 0 Å². The fourth-order valence-electron chi connectivity index (χ4n) is 5.73. The molecule has 2 aliphatic carbocycles. The first-order valence-electron chi connectivity index (χ1n) is 9.71. The van der Waals surface area contributed by atoms with Gasteiger partial charge in [-0.3, -0.25) is 0 Å². The summed E-state index contributed by atoms with van der Waals surface area (Å²) in [5, 5.41) is 21.6. The maximum absolute atomic E-state index is 10.8. The topological polar surface area (TPSA) is 40.5 Å². The second kappa shape index (κ2) is 7.66. The Balaban J connectivity index is 2.20. The van der Waals surface area contributed by atoms with Crippen molar-refractivity contribution in [3.63, 3.8) is 0 Å². The summed E-state index contributed by atoms with van der Waals surface area (Å²) in [5.74, 6) is 3.49. The van der Waals surface area contributed by atoms with E-state index in [0.29, 0.717) is 41.4 Å². The van der Waals surface area contributed by atoms with Crippen molar-refractivity contribution in [2.24, 2.45) is 41.4 Å². The molecule has 2 aliphatic rings. The van der Waals surface area contributed by atoms with Gasteiger partial charge in [-0.15, -0.1) is 0 Å². The van der Waals surface area contributed by atoms with Crippen molar-refractivity contribution in [2.45, 2.75) is 85.4 Å².